The number of rotatable bonds is 5. The van der Waals surface area contributed by atoms with E-state index in [1.165, 1.54) is 0 Å². The van der Waals surface area contributed by atoms with Crippen LogP contribution in [-0.2, 0) is 6.54 Å². The van der Waals surface area contributed by atoms with E-state index in [9.17, 15) is 4.79 Å². The van der Waals surface area contributed by atoms with Crippen LogP contribution in [0.3, 0.4) is 0 Å². The van der Waals surface area contributed by atoms with E-state index in [1.54, 1.807) is 10.7 Å². The maximum Gasteiger partial charge on any atom is 0.255 e. The number of benzene rings is 3. The Kier molecular flexibility index (Phi) is 5.40. The van der Waals surface area contributed by atoms with Crippen LogP contribution in [0.1, 0.15) is 15.9 Å². The number of amides is 1. The molecule has 2 heterocycles. The molecule has 0 bridgehead atoms. The van der Waals surface area contributed by atoms with E-state index in [2.05, 4.69) is 10.3 Å². The first-order valence-corrected chi connectivity index (χ1v) is 10.6. The molecule has 0 aliphatic heterocycles. The highest BCUT2D eigenvalue weighted by Gasteiger charge is 2.19. The first kappa shape index (κ1) is 20.0. The molecule has 0 unspecified atom stereocenters. The van der Waals surface area contributed by atoms with E-state index >= 15 is 0 Å². The molecule has 1 N–H and O–H groups in total. The van der Waals surface area contributed by atoms with Gasteiger partial charge >= 0.3 is 0 Å². The van der Waals surface area contributed by atoms with Gasteiger partial charge in [-0.25, -0.2) is 9.50 Å². The first-order chi connectivity index (χ1) is 15.7. The average Bonchev–Trinajstić information content (AvgIpc) is 3.27. The summed E-state index contributed by atoms with van der Waals surface area (Å²) in [6, 6.07) is 28.9. The predicted molar refractivity (Wildman–Crippen MR) is 126 cm³/mol. The second-order valence-electron chi connectivity index (χ2n) is 7.33. The molecule has 0 spiro atoms. The maximum absolute atomic E-state index is 13.2. The van der Waals surface area contributed by atoms with E-state index in [0.29, 0.717) is 34.2 Å². The first-order valence-electron chi connectivity index (χ1n) is 10.2. The van der Waals surface area contributed by atoms with Crippen molar-refractivity contribution in [2.75, 3.05) is 0 Å². The summed E-state index contributed by atoms with van der Waals surface area (Å²) in [5, 5.41) is 8.38. The normalized spacial score (nSPS) is 10.9. The molecule has 0 radical (unpaired) electrons. The van der Waals surface area contributed by atoms with Crippen molar-refractivity contribution in [3.8, 4) is 22.5 Å². The lowest BCUT2D eigenvalue weighted by Gasteiger charge is -2.12. The Morgan fingerprint density at radius 1 is 0.906 bits per heavy atom. The van der Waals surface area contributed by atoms with Gasteiger partial charge in [0.2, 0.25) is 0 Å². The van der Waals surface area contributed by atoms with Crippen LogP contribution < -0.4 is 5.32 Å². The molecule has 0 saturated carbocycles. The number of fused-ring (bicyclic) bond motifs is 1. The zero-order valence-corrected chi connectivity index (χ0v) is 17.8. The number of nitrogens with zero attached hydrogens (tertiary/aromatic N) is 3. The third-order valence-corrected chi connectivity index (χ3v) is 5.55. The van der Waals surface area contributed by atoms with Crippen molar-refractivity contribution in [2.45, 2.75) is 6.54 Å². The third kappa shape index (κ3) is 3.86. The Hall–Kier alpha value is -3.96. The summed E-state index contributed by atoms with van der Waals surface area (Å²) in [7, 11) is 0. The van der Waals surface area contributed by atoms with Crippen LogP contribution in [0.2, 0.25) is 5.02 Å². The Bertz CT molecular complexity index is 1400. The summed E-state index contributed by atoms with van der Waals surface area (Å²) in [4.78, 5) is 17.7. The van der Waals surface area contributed by atoms with Crippen LogP contribution in [0.5, 0.6) is 0 Å². The van der Waals surface area contributed by atoms with Gasteiger partial charge in [0.05, 0.1) is 22.0 Å². The average molecular weight is 439 g/mol. The number of aromatic nitrogens is 3. The molecule has 0 aliphatic rings. The van der Waals surface area contributed by atoms with Gasteiger partial charge in [0.1, 0.15) is 0 Å². The fourth-order valence-corrected chi connectivity index (χ4v) is 3.88. The van der Waals surface area contributed by atoms with E-state index in [1.807, 2.05) is 91.0 Å². The van der Waals surface area contributed by atoms with Gasteiger partial charge < -0.3 is 5.32 Å². The highest BCUT2D eigenvalue weighted by atomic mass is 35.5. The van der Waals surface area contributed by atoms with Crippen LogP contribution >= 0.6 is 11.6 Å². The lowest BCUT2D eigenvalue weighted by Crippen LogP contribution is -2.24. The van der Waals surface area contributed by atoms with E-state index in [4.69, 9.17) is 16.7 Å². The van der Waals surface area contributed by atoms with Crippen LogP contribution in [-0.4, -0.2) is 20.5 Å². The van der Waals surface area contributed by atoms with Crippen molar-refractivity contribution < 1.29 is 4.79 Å². The largest absolute Gasteiger partial charge is 0.348 e. The third-order valence-electron chi connectivity index (χ3n) is 5.22. The Morgan fingerprint density at radius 3 is 2.34 bits per heavy atom. The van der Waals surface area contributed by atoms with Crippen molar-refractivity contribution in [2.24, 2.45) is 0 Å². The van der Waals surface area contributed by atoms with Crippen molar-refractivity contribution in [1.29, 1.82) is 0 Å². The van der Waals surface area contributed by atoms with Gasteiger partial charge in [0, 0.05) is 29.9 Å². The molecular formula is C26H19ClN4O. The highest BCUT2D eigenvalue weighted by molar-refractivity contribution is 6.33. The van der Waals surface area contributed by atoms with E-state index in [0.717, 1.165) is 16.7 Å². The molecule has 5 aromatic rings. The van der Waals surface area contributed by atoms with Crippen molar-refractivity contribution in [3.63, 3.8) is 0 Å². The smallest absolute Gasteiger partial charge is 0.255 e. The van der Waals surface area contributed by atoms with Gasteiger partial charge in [0.15, 0.2) is 5.65 Å². The number of carbonyl (C=O) groups excluding carboxylic acids is 1. The zero-order chi connectivity index (χ0) is 21.9. The molecule has 156 valence electrons. The van der Waals surface area contributed by atoms with Crippen molar-refractivity contribution >= 4 is 23.2 Å². The minimum absolute atomic E-state index is 0.211. The molecule has 0 atom stereocenters. The maximum atomic E-state index is 13.2. The number of carbonyl (C=O) groups is 1. The minimum atomic E-state index is -0.211. The summed E-state index contributed by atoms with van der Waals surface area (Å²) in [5.74, 6) is -0.211. The summed E-state index contributed by atoms with van der Waals surface area (Å²) in [6.45, 7) is 0.427. The fourth-order valence-electron chi connectivity index (χ4n) is 3.65. The van der Waals surface area contributed by atoms with E-state index < -0.39 is 0 Å². The summed E-state index contributed by atoms with van der Waals surface area (Å²) in [6.07, 6.45) is 1.61. The molecule has 32 heavy (non-hydrogen) atoms. The Balaban J connectivity index is 1.61. The lowest BCUT2D eigenvalue weighted by molar-refractivity contribution is 0.0950. The molecule has 0 saturated heterocycles. The van der Waals surface area contributed by atoms with Gasteiger partial charge in [-0.3, -0.25) is 4.79 Å². The second-order valence-corrected chi connectivity index (χ2v) is 7.74. The van der Waals surface area contributed by atoms with Crippen LogP contribution in [0, 0.1) is 0 Å². The van der Waals surface area contributed by atoms with Crippen LogP contribution in [0.15, 0.2) is 97.2 Å². The standard InChI is InChI=1S/C26H19ClN4O/c27-22-14-8-7-13-20(22)23-15-24-28-17-21(26(32)29-16-18-9-3-1-4-10-18)25(31(24)30-23)19-11-5-2-6-12-19/h1-15,17H,16H2,(H,29,32). The van der Waals surface area contributed by atoms with Crippen LogP contribution in [0.25, 0.3) is 28.2 Å². The Morgan fingerprint density at radius 2 is 1.59 bits per heavy atom. The number of hydrogen-bond donors (Lipinski definition) is 1. The molecule has 0 fully saturated rings. The van der Waals surface area contributed by atoms with Gasteiger partial charge in [0.25, 0.3) is 5.91 Å². The number of halogens is 1. The number of hydrogen-bond acceptors (Lipinski definition) is 3. The van der Waals surface area contributed by atoms with Gasteiger partial charge in [-0.15, -0.1) is 0 Å². The van der Waals surface area contributed by atoms with E-state index in [-0.39, 0.29) is 5.91 Å². The SMILES string of the molecule is O=C(NCc1ccccc1)c1cnc2cc(-c3ccccc3Cl)nn2c1-c1ccccc1. The zero-order valence-electron chi connectivity index (χ0n) is 17.1. The van der Waals surface area contributed by atoms with Crippen molar-refractivity contribution in [1.82, 2.24) is 19.9 Å². The quantitative estimate of drug-likeness (QED) is 0.386. The molecule has 6 heteroatoms. The molecule has 5 nitrogen and oxygen atoms in total. The molecule has 0 aliphatic carbocycles. The highest BCUT2D eigenvalue weighted by Crippen LogP contribution is 2.30. The second kappa shape index (κ2) is 8.65. The summed E-state index contributed by atoms with van der Waals surface area (Å²) >= 11 is 6.39. The molecule has 5 rings (SSSR count). The fraction of sp³-hybridized carbons (Fsp3) is 0.0385. The summed E-state index contributed by atoms with van der Waals surface area (Å²) in [5.41, 5.74) is 5.18. The van der Waals surface area contributed by atoms with Crippen molar-refractivity contribution in [3.05, 3.63) is 113 Å². The molecular weight excluding hydrogens is 420 g/mol. The molecule has 1 amide bonds. The minimum Gasteiger partial charge on any atom is -0.348 e. The molecule has 3 aromatic carbocycles. The van der Waals surface area contributed by atoms with Gasteiger partial charge in [-0.05, 0) is 11.6 Å². The van der Waals surface area contributed by atoms with Gasteiger partial charge in [-0.1, -0.05) is 90.5 Å². The molecule has 2 aromatic heterocycles. The van der Waals surface area contributed by atoms with Gasteiger partial charge in [-0.2, -0.15) is 5.10 Å². The number of nitrogens with one attached hydrogen (secondary N) is 1. The Labute approximate surface area is 190 Å². The lowest BCUT2D eigenvalue weighted by atomic mass is 10.1. The van der Waals surface area contributed by atoms with Crippen LogP contribution in [0.4, 0.5) is 0 Å². The summed E-state index contributed by atoms with van der Waals surface area (Å²) < 4.78 is 1.71. The monoisotopic (exact) mass is 438 g/mol. The topological polar surface area (TPSA) is 59.3 Å². The predicted octanol–water partition coefficient (Wildman–Crippen LogP) is 5.65.